The van der Waals surface area contributed by atoms with Crippen molar-refractivity contribution in [3.05, 3.63) is 59.2 Å². The number of benzene rings is 1. The van der Waals surface area contributed by atoms with Gasteiger partial charge in [-0.05, 0) is 36.8 Å². The van der Waals surface area contributed by atoms with E-state index in [0.29, 0.717) is 30.9 Å². The highest BCUT2D eigenvalue weighted by Gasteiger charge is 2.26. The van der Waals surface area contributed by atoms with E-state index < -0.39 is 0 Å². The second-order valence-electron chi connectivity index (χ2n) is 5.97. The Morgan fingerprint density at radius 1 is 1.42 bits per heavy atom. The molecule has 1 atom stereocenters. The molecular weight excluding hydrogens is 309 g/mol. The third-order valence-electron chi connectivity index (χ3n) is 3.99. The normalized spacial score (nSPS) is 17.8. The summed E-state index contributed by atoms with van der Waals surface area (Å²) < 4.78 is 19.0. The Morgan fingerprint density at radius 3 is 3.00 bits per heavy atom. The fourth-order valence-corrected chi connectivity index (χ4v) is 2.87. The zero-order valence-corrected chi connectivity index (χ0v) is 13.5. The van der Waals surface area contributed by atoms with Crippen LogP contribution < -0.4 is 5.73 Å². The van der Waals surface area contributed by atoms with Gasteiger partial charge in [-0.3, -0.25) is 9.78 Å². The van der Waals surface area contributed by atoms with E-state index in [4.69, 9.17) is 10.5 Å². The lowest BCUT2D eigenvalue weighted by molar-refractivity contribution is -0.138. The molecule has 0 aliphatic carbocycles. The number of amides is 1. The lowest BCUT2D eigenvalue weighted by Gasteiger charge is -2.33. The predicted octanol–water partition coefficient (Wildman–Crippen LogP) is 2.25. The highest BCUT2D eigenvalue weighted by molar-refractivity contribution is 5.79. The van der Waals surface area contributed by atoms with Gasteiger partial charge in [0.25, 0.3) is 0 Å². The Balaban J connectivity index is 1.69. The van der Waals surface area contributed by atoms with E-state index >= 15 is 0 Å². The van der Waals surface area contributed by atoms with Crippen LogP contribution in [0.2, 0.25) is 0 Å². The summed E-state index contributed by atoms with van der Waals surface area (Å²) in [7, 11) is 0. The zero-order valence-electron chi connectivity index (χ0n) is 13.5. The number of nitrogens with two attached hydrogens (primary N) is 1. The van der Waals surface area contributed by atoms with E-state index in [1.807, 2.05) is 6.92 Å². The first-order valence-electron chi connectivity index (χ1n) is 7.89. The number of nitrogen functional groups attached to an aromatic ring is 1. The molecule has 24 heavy (non-hydrogen) atoms. The number of hydrogen-bond acceptors (Lipinski definition) is 4. The SMILES string of the molecule is Cc1cc(N)cc(C2CN(C(=O)Cc3cccc(F)c3)CCO2)n1. The van der Waals surface area contributed by atoms with Gasteiger partial charge in [0.05, 0.1) is 25.3 Å². The molecule has 1 unspecified atom stereocenters. The Bertz CT molecular complexity index is 731. The van der Waals surface area contributed by atoms with E-state index in [9.17, 15) is 9.18 Å². The van der Waals surface area contributed by atoms with Crippen molar-refractivity contribution >= 4 is 11.6 Å². The molecule has 1 amide bonds. The number of carbonyl (C=O) groups excluding carboxylic acids is 1. The summed E-state index contributed by atoms with van der Waals surface area (Å²) in [4.78, 5) is 18.7. The first-order chi connectivity index (χ1) is 11.5. The molecule has 0 spiro atoms. The summed E-state index contributed by atoms with van der Waals surface area (Å²) in [5.41, 5.74) is 8.71. The maximum Gasteiger partial charge on any atom is 0.227 e. The Kier molecular flexibility index (Phi) is 4.76. The molecule has 1 aliphatic rings. The topological polar surface area (TPSA) is 68.5 Å². The number of anilines is 1. The fraction of sp³-hybridized carbons (Fsp3) is 0.333. The van der Waals surface area contributed by atoms with E-state index in [-0.39, 0.29) is 24.2 Å². The Hall–Kier alpha value is -2.47. The largest absolute Gasteiger partial charge is 0.399 e. The van der Waals surface area contributed by atoms with Crippen LogP contribution in [0.4, 0.5) is 10.1 Å². The molecule has 1 aromatic heterocycles. The molecule has 0 radical (unpaired) electrons. The minimum absolute atomic E-state index is 0.0467. The maximum absolute atomic E-state index is 13.3. The smallest absolute Gasteiger partial charge is 0.227 e. The number of nitrogens with zero attached hydrogens (tertiary/aromatic N) is 2. The van der Waals surface area contributed by atoms with Crippen molar-refractivity contribution in [2.75, 3.05) is 25.4 Å². The quantitative estimate of drug-likeness (QED) is 0.938. The van der Waals surface area contributed by atoms with Crippen LogP contribution in [0.5, 0.6) is 0 Å². The molecule has 0 saturated carbocycles. The van der Waals surface area contributed by atoms with Crippen molar-refractivity contribution in [1.29, 1.82) is 0 Å². The fourth-order valence-electron chi connectivity index (χ4n) is 2.87. The highest BCUT2D eigenvalue weighted by atomic mass is 19.1. The number of halogens is 1. The molecule has 1 aliphatic heterocycles. The van der Waals surface area contributed by atoms with Crippen molar-refractivity contribution < 1.29 is 13.9 Å². The van der Waals surface area contributed by atoms with Crippen molar-refractivity contribution in [3.8, 4) is 0 Å². The molecule has 0 bridgehead atoms. The van der Waals surface area contributed by atoms with Gasteiger partial charge >= 0.3 is 0 Å². The molecule has 126 valence electrons. The molecule has 5 nitrogen and oxygen atoms in total. The molecule has 6 heteroatoms. The predicted molar refractivity (Wildman–Crippen MR) is 88.8 cm³/mol. The van der Waals surface area contributed by atoms with Crippen LogP contribution in [0.3, 0.4) is 0 Å². The number of pyridine rings is 1. The summed E-state index contributed by atoms with van der Waals surface area (Å²) in [6, 6.07) is 9.68. The first kappa shape index (κ1) is 16.4. The number of aromatic nitrogens is 1. The standard InChI is InChI=1S/C18H20FN3O2/c1-12-7-15(20)10-16(21-12)17-11-22(5-6-24-17)18(23)9-13-3-2-4-14(19)8-13/h2-4,7-8,10,17H,5-6,9,11H2,1H3,(H2,20,21). The van der Waals surface area contributed by atoms with Gasteiger partial charge in [-0.25, -0.2) is 4.39 Å². The number of aryl methyl sites for hydroxylation is 1. The summed E-state index contributed by atoms with van der Waals surface area (Å²) in [6.45, 7) is 3.25. The molecular formula is C18H20FN3O2. The third-order valence-corrected chi connectivity index (χ3v) is 3.99. The van der Waals surface area contributed by atoms with Gasteiger partial charge in [0.2, 0.25) is 5.91 Å². The molecule has 2 aromatic rings. The van der Waals surface area contributed by atoms with Crippen LogP contribution in [0.25, 0.3) is 0 Å². The van der Waals surface area contributed by atoms with Gasteiger partial charge in [-0.15, -0.1) is 0 Å². The van der Waals surface area contributed by atoms with E-state index in [1.54, 1.807) is 29.2 Å². The minimum atomic E-state index is -0.334. The van der Waals surface area contributed by atoms with Crippen molar-refractivity contribution in [2.24, 2.45) is 0 Å². The minimum Gasteiger partial charge on any atom is -0.399 e. The zero-order chi connectivity index (χ0) is 17.1. The average molecular weight is 329 g/mol. The van der Waals surface area contributed by atoms with Crippen molar-refractivity contribution in [2.45, 2.75) is 19.4 Å². The average Bonchev–Trinajstić information content (AvgIpc) is 2.54. The van der Waals surface area contributed by atoms with Gasteiger partial charge in [0.1, 0.15) is 11.9 Å². The third kappa shape index (κ3) is 3.89. The summed E-state index contributed by atoms with van der Waals surface area (Å²) in [5.74, 6) is -0.380. The Labute approximate surface area is 140 Å². The van der Waals surface area contributed by atoms with Crippen molar-refractivity contribution in [1.82, 2.24) is 9.88 Å². The number of morpholine rings is 1. The Morgan fingerprint density at radius 2 is 2.25 bits per heavy atom. The number of hydrogen-bond donors (Lipinski definition) is 1. The van der Waals surface area contributed by atoms with Crippen molar-refractivity contribution in [3.63, 3.8) is 0 Å². The summed E-state index contributed by atoms with van der Waals surface area (Å²) in [6.07, 6.45) is -0.120. The van der Waals surface area contributed by atoms with Gasteiger partial charge < -0.3 is 15.4 Å². The summed E-state index contributed by atoms with van der Waals surface area (Å²) >= 11 is 0. The van der Waals surface area contributed by atoms with Gasteiger partial charge in [0.15, 0.2) is 0 Å². The second kappa shape index (κ2) is 6.97. The van der Waals surface area contributed by atoms with E-state index in [0.717, 1.165) is 11.4 Å². The lowest BCUT2D eigenvalue weighted by Crippen LogP contribution is -2.43. The number of ether oxygens (including phenoxy) is 1. The van der Waals surface area contributed by atoms with Crippen LogP contribution in [-0.4, -0.2) is 35.5 Å². The number of carbonyl (C=O) groups is 1. The first-order valence-corrected chi connectivity index (χ1v) is 7.89. The van der Waals surface area contributed by atoms with Gasteiger partial charge in [-0.2, -0.15) is 0 Å². The molecule has 1 fully saturated rings. The second-order valence-corrected chi connectivity index (χ2v) is 5.97. The van der Waals surface area contributed by atoms with E-state index in [2.05, 4.69) is 4.98 Å². The molecule has 1 aromatic carbocycles. The van der Waals surface area contributed by atoms with Crippen LogP contribution in [0, 0.1) is 12.7 Å². The van der Waals surface area contributed by atoms with Gasteiger partial charge in [-0.1, -0.05) is 12.1 Å². The lowest BCUT2D eigenvalue weighted by atomic mass is 10.1. The molecule has 1 saturated heterocycles. The monoisotopic (exact) mass is 329 g/mol. The van der Waals surface area contributed by atoms with Gasteiger partial charge in [0, 0.05) is 17.9 Å². The van der Waals surface area contributed by atoms with Crippen LogP contribution >= 0.6 is 0 Å². The molecule has 3 rings (SSSR count). The van der Waals surface area contributed by atoms with Crippen LogP contribution in [0.15, 0.2) is 36.4 Å². The maximum atomic E-state index is 13.3. The van der Waals surface area contributed by atoms with E-state index in [1.165, 1.54) is 12.1 Å². The molecule has 2 heterocycles. The molecule has 2 N–H and O–H groups in total. The number of rotatable bonds is 3. The highest BCUT2D eigenvalue weighted by Crippen LogP contribution is 2.23. The van der Waals surface area contributed by atoms with Crippen LogP contribution in [0.1, 0.15) is 23.1 Å². The summed E-state index contributed by atoms with van der Waals surface area (Å²) in [5, 5.41) is 0. The van der Waals surface area contributed by atoms with Crippen LogP contribution in [-0.2, 0) is 16.0 Å².